The van der Waals surface area contributed by atoms with Gasteiger partial charge in [0.2, 0.25) is 0 Å². The van der Waals surface area contributed by atoms with E-state index in [4.69, 9.17) is 16.3 Å². The molecule has 0 aliphatic carbocycles. The second-order valence-electron chi connectivity index (χ2n) is 7.36. The number of rotatable bonds is 5. The molecule has 5 nitrogen and oxygen atoms in total. The number of halogens is 1. The predicted molar refractivity (Wildman–Crippen MR) is 121 cm³/mol. The van der Waals surface area contributed by atoms with Gasteiger partial charge in [-0.15, -0.1) is 0 Å². The fourth-order valence-electron chi connectivity index (χ4n) is 3.57. The molecule has 1 heterocycles. The summed E-state index contributed by atoms with van der Waals surface area (Å²) in [5, 5.41) is 0.536. The zero-order valence-electron chi connectivity index (χ0n) is 17.0. The van der Waals surface area contributed by atoms with Crippen LogP contribution >= 0.6 is 11.6 Å². The van der Waals surface area contributed by atoms with Crippen molar-refractivity contribution in [2.75, 3.05) is 32.8 Å². The lowest BCUT2D eigenvalue weighted by Gasteiger charge is -2.34. The first-order valence-electron chi connectivity index (χ1n) is 10.2. The third-order valence-electron chi connectivity index (χ3n) is 5.31. The van der Waals surface area contributed by atoms with E-state index in [2.05, 4.69) is 12.1 Å². The van der Waals surface area contributed by atoms with Crippen molar-refractivity contribution in [2.24, 2.45) is 0 Å². The maximum atomic E-state index is 12.6. The Bertz CT molecular complexity index is 1050. The number of carbonyl (C=O) groups excluding carboxylic acids is 2. The quantitative estimate of drug-likeness (QED) is 0.599. The molecule has 158 valence electrons. The molecule has 0 saturated carbocycles. The Balaban J connectivity index is 1.26. The Morgan fingerprint density at radius 1 is 0.774 bits per heavy atom. The largest absolute Gasteiger partial charge is 0.484 e. The van der Waals surface area contributed by atoms with Crippen LogP contribution in [0.25, 0.3) is 11.1 Å². The molecule has 0 radical (unpaired) electrons. The van der Waals surface area contributed by atoms with Gasteiger partial charge in [0.15, 0.2) is 6.61 Å². The van der Waals surface area contributed by atoms with Crippen LogP contribution in [0.2, 0.25) is 5.02 Å². The number of carbonyl (C=O) groups is 2. The van der Waals surface area contributed by atoms with Gasteiger partial charge >= 0.3 is 0 Å². The maximum Gasteiger partial charge on any atom is 0.260 e. The molecular weight excluding hydrogens is 412 g/mol. The number of piperazine rings is 1. The van der Waals surface area contributed by atoms with Gasteiger partial charge in [-0.25, -0.2) is 0 Å². The van der Waals surface area contributed by atoms with E-state index >= 15 is 0 Å². The number of hydrogen-bond acceptors (Lipinski definition) is 3. The van der Waals surface area contributed by atoms with Crippen molar-refractivity contribution < 1.29 is 14.3 Å². The monoisotopic (exact) mass is 434 g/mol. The summed E-state index contributed by atoms with van der Waals surface area (Å²) in [4.78, 5) is 28.6. The number of nitrogens with zero attached hydrogens (tertiary/aromatic N) is 2. The lowest BCUT2D eigenvalue weighted by atomic mass is 10.1. The smallest absolute Gasteiger partial charge is 0.260 e. The van der Waals surface area contributed by atoms with E-state index < -0.39 is 0 Å². The number of hydrogen-bond donors (Lipinski definition) is 0. The van der Waals surface area contributed by atoms with Crippen molar-refractivity contribution in [1.29, 1.82) is 0 Å². The molecule has 1 aliphatic heterocycles. The van der Waals surface area contributed by atoms with E-state index in [9.17, 15) is 9.59 Å². The average molecular weight is 435 g/mol. The molecule has 3 aromatic carbocycles. The third kappa shape index (κ3) is 5.25. The standard InChI is InChI=1S/C25H23ClN2O3/c26-22-8-4-7-21(17-22)25(30)28-15-13-27(14-16-28)24(29)18-31-23-11-9-20(10-12-23)19-5-2-1-3-6-19/h1-12,17H,13-16,18H2. The topological polar surface area (TPSA) is 49.9 Å². The van der Waals surface area contributed by atoms with Crippen LogP contribution in [0.4, 0.5) is 0 Å². The van der Waals surface area contributed by atoms with Crippen molar-refractivity contribution >= 4 is 23.4 Å². The summed E-state index contributed by atoms with van der Waals surface area (Å²) in [6, 6.07) is 24.7. The molecule has 0 atom stereocenters. The molecule has 1 fully saturated rings. The summed E-state index contributed by atoms with van der Waals surface area (Å²) < 4.78 is 5.68. The van der Waals surface area contributed by atoms with Gasteiger partial charge < -0.3 is 14.5 Å². The first kappa shape index (κ1) is 20.9. The fraction of sp³-hybridized carbons (Fsp3) is 0.200. The van der Waals surface area contributed by atoms with Crippen LogP contribution < -0.4 is 4.74 Å². The lowest BCUT2D eigenvalue weighted by molar-refractivity contribution is -0.134. The van der Waals surface area contributed by atoms with Crippen LogP contribution in [0.5, 0.6) is 5.75 Å². The van der Waals surface area contributed by atoms with E-state index in [-0.39, 0.29) is 18.4 Å². The van der Waals surface area contributed by atoms with Crippen LogP contribution in [0.15, 0.2) is 78.9 Å². The minimum Gasteiger partial charge on any atom is -0.484 e. The number of benzene rings is 3. The zero-order valence-corrected chi connectivity index (χ0v) is 17.8. The molecule has 0 unspecified atom stereocenters. The third-order valence-corrected chi connectivity index (χ3v) is 5.55. The normalized spacial score (nSPS) is 13.7. The van der Waals surface area contributed by atoms with E-state index in [1.165, 1.54) is 0 Å². The van der Waals surface area contributed by atoms with E-state index in [0.29, 0.717) is 42.5 Å². The Hall–Kier alpha value is -3.31. The summed E-state index contributed by atoms with van der Waals surface area (Å²) in [5.74, 6) is 0.508. The highest BCUT2D eigenvalue weighted by Gasteiger charge is 2.25. The Labute approximate surface area is 186 Å². The minimum absolute atomic E-state index is 0.0209. The van der Waals surface area contributed by atoms with Crippen LogP contribution in [0, 0.1) is 0 Å². The molecule has 0 N–H and O–H groups in total. The number of amides is 2. The Morgan fingerprint density at radius 3 is 2.10 bits per heavy atom. The molecular formula is C25H23ClN2O3. The molecule has 0 spiro atoms. The molecule has 31 heavy (non-hydrogen) atoms. The predicted octanol–water partition coefficient (Wildman–Crippen LogP) is 4.37. The van der Waals surface area contributed by atoms with E-state index in [1.54, 1.807) is 34.1 Å². The van der Waals surface area contributed by atoms with Crippen molar-refractivity contribution in [3.05, 3.63) is 89.4 Å². The summed E-state index contributed by atoms with van der Waals surface area (Å²) >= 11 is 5.98. The molecule has 3 aromatic rings. The molecule has 4 rings (SSSR count). The molecule has 2 amide bonds. The van der Waals surface area contributed by atoms with Gasteiger partial charge in [-0.1, -0.05) is 60.1 Å². The summed E-state index contributed by atoms with van der Waals surface area (Å²) in [6.45, 7) is 1.93. The van der Waals surface area contributed by atoms with Gasteiger partial charge in [-0.2, -0.15) is 0 Å². The Morgan fingerprint density at radius 2 is 1.42 bits per heavy atom. The van der Waals surface area contributed by atoms with Gasteiger partial charge in [0.25, 0.3) is 11.8 Å². The lowest BCUT2D eigenvalue weighted by Crippen LogP contribution is -2.51. The van der Waals surface area contributed by atoms with Gasteiger partial charge in [0, 0.05) is 36.8 Å². The highest BCUT2D eigenvalue weighted by Crippen LogP contribution is 2.22. The van der Waals surface area contributed by atoms with Crippen LogP contribution in [0.3, 0.4) is 0 Å². The summed E-state index contributed by atoms with van der Waals surface area (Å²) in [6.07, 6.45) is 0. The van der Waals surface area contributed by atoms with Crippen LogP contribution in [-0.4, -0.2) is 54.4 Å². The highest BCUT2D eigenvalue weighted by molar-refractivity contribution is 6.30. The van der Waals surface area contributed by atoms with E-state index in [1.807, 2.05) is 42.5 Å². The molecule has 1 aliphatic rings. The van der Waals surface area contributed by atoms with Gasteiger partial charge in [0.05, 0.1) is 0 Å². The first-order valence-corrected chi connectivity index (χ1v) is 10.6. The van der Waals surface area contributed by atoms with Crippen LogP contribution in [-0.2, 0) is 4.79 Å². The summed E-state index contributed by atoms with van der Waals surface area (Å²) in [5.41, 5.74) is 2.80. The summed E-state index contributed by atoms with van der Waals surface area (Å²) in [7, 11) is 0. The van der Waals surface area contributed by atoms with Crippen molar-refractivity contribution in [3.63, 3.8) is 0 Å². The van der Waals surface area contributed by atoms with Crippen molar-refractivity contribution in [1.82, 2.24) is 9.80 Å². The molecule has 0 aromatic heterocycles. The van der Waals surface area contributed by atoms with E-state index in [0.717, 1.165) is 11.1 Å². The number of ether oxygens (including phenoxy) is 1. The SMILES string of the molecule is O=C(COc1ccc(-c2ccccc2)cc1)N1CCN(C(=O)c2cccc(Cl)c2)CC1. The zero-order chi connectivity index (χ0) is 21.6. The Kier molecular flexibility index (Phi) is 6.53. The molecule has 1 saturated heterocycles. The molecule has 0 bridgehead atoms. The van der Waals surface area contributed by atoms with Crippen LogP contribution in [0.1, 0.15) is 10.4 Å². The minimum atomic E-state index is -0.0815. The first-order chi connectivity index (χ1) is 15.1. The highest BCUT2D eigenvalue weighted by atomic mass is 35.5. The molecule has 6 heteroatoms. The van der Waals surface area contributed by atoms with Crippen molar-refractivity contribution in [2.45, 2.75) is 0 Å². The second kappa shape index (κ2) is 9.67. The maximum absolute atomic E-state index is 12.6. The average Bonchev–Trinajstić information content (AvgIpc) is 2.83. The fourth-order valence-corrected chi connectivity index (χ4v) is 3.76. The van der Waals surface area contributed by atoms with Crippen molar-refractivity contribution in [3.8, 4) is 16.9 Å². The van der Waals surface area contributed by atoms with Gasteiger partial charge in [-0.05, 0) is 41.5 Å². The van der Waals surface area contributed by atoms with Gasteiger partial charge in [0.1, 0.15) is 5.75 Å². The van der Waals surface area contributed by atoms with Gasteiger partial charge in [-0.3, -0.25) is 9.59 Å². The second-order valence-corrected chi connectivity index (χ2v) is 7.80.